The third-order valence-corrected chi connectivity index (χ3v) is 8.14. The predicted molar refractivity (Wildman–Crippen MR) is 181 cm³/mol. The van der Waals surface area contributed by atoms with Gasteiger partial charge in [-0.05, 0) is 54.1 Å². The number of hydrogen-bond acceptors (Lipinski definition) is 9. The van der Waals surface area contributed by atoms with Crippen LogP contribution in [0.5, 0.6) is 0 Å². The van der Waals surface area contributed by atoms with Gasteiger partial charge in [0.1, 0.15) is 11.9 Å². The number of pyridine rings is 1. The van der Waals surface area contributed by atoms with Gasteiger partial charge in [0, 0.05) is 48.4 Å². The Hall–Kier alpha value is -6.43. The van der Waals surface area contributed by atoms with Gasteiger partial charge in [-0.15, -0.1) is 0 Å². The quantitative estimate of drug-likeness (QED) is 0.187. The lowest BCUT2D eigenvalue weighted by molar-refractivity contribution is 0.248. The minimum Gasteiger partial charge on any atom is -0.333 e. The summed E-state index contributed by atoms with van der Waals surface area (Å²) in [4.78, 5) is 28.3. The number of carbonyl (C=O) groups excluding carboxylic acids is 1. The zero-order valence-electron chi connectivity index (χ0n) is 25.5. The average Bonchev–Trinajstić information content (AvgIpc) is 3.54. The van der Waals surface area contributed by atoms with Crippen molar-refractivity contribution in [3.8, 4) is 28.5 Å². The fraction of sp³-hybridized carbons (Fsp3) is 0.0588. The smallest absolute Gasteiger partial charge is 0.327 e. The highest BCUT2D eigenvalue weighted by molar-refractivity contribution is 7.89. The molecule has 48 heavy (non-hydrogen) atoms. The van der Waals surface area contributed by atoms with E-state index in [2.05, 4.69) is 30.7 Å². The van der Waals surface area contributed by atoms with E-state index in [9.17, 15) is 18.5 Å². The number of urea groups is 1. The van der Waals surface area contributed by atoms with Gasteiger partial charge >= 0.3 is 6.03 Å². The number of aryl methyl sites for hydroxylation is 1. The summed E-state index contributed by atoms with van der Waals surface area (Å²) in [6.07, 6.45) is 6.67. The molecule has 0 aliphatic rings. The summed E-state index contributed by atoms with van der Waals surface area (Å²) in [5.74, 6) is 0.582. The van der Waals surface area contributed by atoms with E-state index in [0.717, 1.165) is 16.7 Å². The van der Waals surface area contributed by atoms with E-state index in [1.807, 2.05) is 55.7 Å². The number of amides is 2. The highest BCUT2D eigenvalue weighted by atomic mass is 32.2. The number of sulfonamides is 1. The molecule has 0 spiro atoms. The van der Waals surface area contributed by atoms with Crippen LogP contribution in [0.2, 0.25) is 0 Å². The van der Waals surface area contributed by atoms with Crippen molar-refractivity contribution < 1.29 is 13.2 Å². The van der Waals surface area contributed by atoms with Crippen molar-refractivity contribution >= 4 is 39.2 Å². The standard InChI is InChI=1S/C34H28N10O3S/c1-43-22-27(21-40-43)25-10-15-31(37-19-25)44(34(45)39-18-23-6-3-2-4-7-23)29-13-11-28(12-14-29)41-33-38-20-26(17-35)32(42-33)24-8-5-9-30(16-24)48(36,46)47/h2-16,19-22H,18H2,1H3,(H,39,45)(H2,36,46,47)(H,38,41,42). The minimum atomic E-state index is -3.96. The number of primary sulfonamides is 1. The Morgan fingerprint density at radius 2 is 1.71 bits per heavy atom. The lowest BCUT2D eigenvalue weighted by Gasteiger charge is -2.23. The van der Waals surface area contributed by atoms with Gasteiger partial charge in [0.25, 0.3) is 0 Å². The molecule has 4 N–H and O–H groups in total. The summed E-state index contributed by atoms with van der Waals surface area (Å²) in [5.41, 5.74) is 4.63. The molecule has 3 aromatic heterocycles. The average molecular weight is 657 g/mol. The number of rotatable bonds is 9. The fourth-order valence-corrected chi connectivity index (χ4v) is 5.41. The summed E-state index contributed by atoms with van der Waals surface area (Å²) in [6, 6.07) is 27.8. The summed E-state index contributed by atoms with van der Waals surface area (Å²) in [7, 11) is -2.13. The van der Waals surface area contributed by atoms with Crippen molar-refractivity contribution in [1.29, 1.82) is 5.26 Å². The van der Waals surface area contributed by atoms with Gasteiger partial charge in [0.05, 0.1) is 34.2 Å². The number of aromatic nitrogens is 5. The van der Waals surface area contributed by atoms with Crippen LogP contribution >= 0.6 is 0 Å². The molecular weight excluding hydrogens is 629 g/mol. The number of nitrogens with zero attached hydrogens (tertiary/aromatic N) is 7. The Kier molecular flexibility index (Phi) is 8.88. The van der Waals surface area contributed by atoms with Crippen LogP contribution < -0.4 is 20.7 Å². The second kappa shape index (κ2) is 13.5. The van der Waals surface area contributed by atoms with E-state index in [1.54, 1.807) is 53.5 Å². The summed E-state index contributed by atoms with van der Waals surface area (Å²) >= 11 is 0. The van der Waals surface area contributed by atoms with Crippen LogP contribution in [-0.4, -0.2) is 39.2 Å². The molecule has 14 heteroatoms. The third-order valence-electron chi connectivity index (χ3n) is 7.23. The van der Waals surface area contributed by atoms with Crippen molar-refractivity contribution in [2.75, 3.05) is 10.2 Å². The lowest BCUT2D eigenvalue weighted by atomic mass is 10.1. The van der Waals surface area contributed by atoms with Gasteiger partial charge in [0.2, 0.25) is 16.0 Å². The molecule has 0 aliphatic carbocycles. The molecule has 0 atom stereocenters. The molecule has 2 amide bonds. The second-order valence-corrected chi connectivity index (χ2v) is 12.2. The Bertz CT molecular complexity index is 2230. The van der Waals surface area contributed by atoms with Crippen molar-refractivity contribution in [1.82, 2.24) is 30.0 Å². The van der Waals surface area contributed by atoms with E-state index < -0.39 is 10.0 Å². The molecule has 0 saturated heterocycles. The molecule has 0 unspecified atom stereocenters. The van der Waals surface area contributed by atoms with E-state index >= 15 is 0 Å². The van der Waals surface area contributed by atoms with Crippen LogP contribution in [0.15, 0.2) is 121 Å². The second-order valence-electron chi connectivity index (χ2n) is 10.6. The zero-order chi connectivity index (χ0) is 33.7. The van der Waals surface area contributed by atoms with Gasteiger partial charge in [-0.2, -0.15) is 10.4 Å². The first-order valence-corrected chi connectivity index (χ1v) is 16.1. The molecule has 238 valence electrons. The summed E-state index contributed by atoms with van der Waals surface area (Å²) in [5, 5.41) is 25.2. The molecule has 0 saturated carbocycles. The first kappa shape index (κ1) is 31.5. The van der Waals surface area contributed by atoms with Crippen LogP contribution in [0.1, 0.15) is 11.1 Å². The Balaban J connectivity index is 1.27. The van der Waals surface area contributed by atoms with E-state index in [4.69, 9.17) is 5.14 Å². The summed E-state index contributed by atoms with van der Waals surface area (Å²) in [6.45, 7) is 0.321. The fourth-order valence-electron chi connectivity index (χ4n) is 4.85. The van der Waals surface area contributed by atoms with Crippen LogP contribution in [0, 0.1) is 11.3 Å². The molecule has 0 bridgehead atoms. The number of nitriles is 1. The van der Waals surface area contributed by atoms with Gasteiger partial charge in [-0.3, -0.25) is 4.68 Å². The van der Waals surface area contributed by atoms with Gasteiger partial charge in [-0.1, -0.05) is 42.5 Å². The molecule has 0 radical (unpaired) electrons. The monoisotopic (exact) mass is 656 g/mol. The number of nitrogens with two attached hydrogens (primary N) is 1. The summed E-state index contributed by atoms with van der Waals surface area (Å²) < 4.78 is 25.5. The zero-order valence-corrected chi connectivity index (χ0v) is 26.3. The van der Waals surface area contributed by atoms with Crippen LogP contribution in [-0.2, 0) is 23.6 Å². The van der Waals surface area contributed by atoms with Gasteiger partial charge in [0.15, 0.2) is 0 Å². The Morgan fingerprint density at radius 1 is 0.917 bits per heavy atom. The van der Waals surface area contributed by atoms with Crippen LogP contribution in [0.25, 0.3) is 22.4 Å². The maximum Gasteiger partial charge on any atom is 0.327 e. The maximum atomic E-state index is 13.6. The number of hydrogen-bond donors (Lipinski definition) is 3. The van der Waals surface area contributed by atoms with Gasteiger partial charge < -0.3 is 10.6 Å². The topological polar surface area (TPSA) is 185 Å². The highest BCUT2D eigenvalue weighted by Gasteiger charge is 2.20. The van der Waals surface area contributed by atoms with E-state index in [1.165, 1.54) is 29.3 Å². The SMILES string of the molecule is Cn1cc(-c2ccc(N(C(=O)NCc3ccccc3)c3ccc(Nc4ncc(C#N)c(-c5cccc(S(N)(=O)=O)c5)n4)cc3)nc2)cn1. The molecule has 13 nitrogen and oxygen atoms in total. The molecule has 6 rings (SSSR count). The third kappa shape index (κ3) is 7.18. The first-order chi connectivity index (χ1) is 23.2. The highest BCUT2D eigenvalue weighted by Crippen LogP contribution is 2.29. The number of benzene rings is 3. The van der Waals surface area contributed by atoms with Gasteiger partial charge in [-0.25, -0.2) is 38.2 Å². The van der Waals surface area contributed by atoms with Crippen molar-refractivity contribution in [2.24, 2.45) is 12.2 Å². The predicted octanol–water partition coefficient (Wildman–Crippen LogP) is 5.25. The van der Waals surface area contributed by atoms with Crippen LogP contribution in [0.4, 0.5) is 27.9 Å². The molecule has 0 fully saturated rings. The van der Waals surface area contributed by atoms with Crippen molar-refractivity contribution in [3.63, 3.8) is 0 Å². The van der Waals surface area contributed by atoms with E-state index in [-0.39, 0.29) is 28.1 Å². The van der Waals surface area contributed by atoms with Crippen molar-refractivity contribution in [3.05, 3.63) is 127 Å². The van der Waals surface area contributed by atoms with Crippen LogP contribution in [0.3, 0.4) is 0 Å². The molecular formula is C34H28N10O3S. The number of anilines is 4. The molecule has 3 aromatic carbocycles. The molecule has 3 heterocycles. The molecule has 6 aromatic rings. The Labute approximate surface area is 276 Å². The Morgan fingerprint density at radius 3 is 2.38 bits per heavy atom. The minimum absolute atomic E-state index is 0.105. The normalized spacial score (nSPS) is 11.0. The number of nitrogens with one attached hydrogen (secondary N) is 2. The number of carbonyl (C=O) groups is 1. The van der Waals surface area contributed by atoms with E-state index in [0.29, 0.717) is 29.3 Å². The lowest BCUT2D eigenvalue weighted by Crippen LogP contribution is -2.37. The van der Waals surface area contributed by atoms with Crippen molar-refractivity contribution in [2.45, 2.75) is 11.4 Å². The molecule has 0 aliphatic heterocycles. The first-order valence-electron chi connectivity index (χ1n) is 14.5. The maximum absolute atomic E-state index is 13.6. The largest absolute Gasteiger partial charge is 0.333 e.